The van der Waals surface area contributed by atoms with Crippen LogP contribution in [0, 0.1) is 0 Å². The maximum Gasteiger partial charge on any atom is 0.303 e. The third kappa shape index (κ3) is 6.17. The summed E-state index contributed by atoms with van der Waals surface area (Å²) in [7, 11) is 0. The van der Waals surface area contributed by atoms with Crippen molar-refractivity contribution in [2.75, 3.05) is 0 Å². The second-order valence-corrected chi connectivity index (χ2v) is 5.52. The molecule has 0 saturated carbocycles. The molecular weight excluding hydrogens is 264 g/mol. The Morgan fingerprint density at radius 1 is 1.30 bits per heavy atom. The number of hydrogen-bond acceptors (Lipinski definition) is 5. The number of unbranched alkanes of at least 4 members (excludes halogenated alkanes) is 2. The van der Waals surface area contributed by atoms with E-state index < -0.39 is 24.5 Å². The van der Waals surface area contributed by atoms with Crippen LogP contribution in [0.4, 0.5) is 0 Å². The number of carboxylic acid groups (broad SMARTS) is 1. The van der Waals surface area contributed by atoms with Crippen LogP contribution in [-0.4, -0.2) is 52.0 Å². The minimum absolute atomic E-state index is 0.0677. The van der Waals surface area contributed by atoms with Crippen molar-refractivity contribution >= 4 is 5.97 Å². The van der Waals surface area contributed by atoms with E-state index in [2.05, 4.69) is 0 Å². The Bertz CT molecular complexity index is 295. The zero-order valence-electron chi connectivity index (χ0n) is 12.2. The summed E-state index contributed by atoms with van der Waals surface area (Å²) in [4.78, 5) is 10.4. The Hall–Kier alpha value is -0.690. The number of hydrogen-bond donors (Lipinski definition) is 3. The molecular formula is C14H26O6. The van der Waals surface area contributed by atoms with Crippen molar-refractivity contribution in [3.63, 3.8) is 0 Å². The van der Waals surface area contributed by atoms with E-state index in [1.54, 1.807) is 6.92 Å². The Kier molecular flexibility index (Phi) is 7.43. The average molecular weight is 290 g/mol. The molecule has 5 atom stereocenters. The van der Waals surface area contributed by atoms with Gasteiger partial charge in [-0.2, -0.15) is 0 Å². The van der Waals surface area contributed by atoms with E-state index >= 15 is 0 Å². The number of carboxylic acids is 1. The molecule has 0 aromatic heterocycles. The standard InChI is InChI=1S/C14H26O6/c1-9(6-4-3-5-7-13(17)18)19-14-12(16)8-11(15)10(2)20-14/h9-12,14-16H,3-8H2,1-2H3,(H,17,18). The predicted molar refractivity (Wildman–Crippen MR) is 72.2 cm³/mol. The first-order chi connectivity index (χ1) is 9.40. The maximum atomic E-state index is 10.4. The lowest BCUT2D eigenvalue weighted by Gasteiger charge is -2.36. The van der Waals surface area contributed by atoms with Gasteiger partial charge in [-0.3, -0.25) is 4.79 Å². The summed E-state index contributed by atoms with van der Waals surface area (Å²) in [5, 5.41) is 27.9. The van der Waals surface area contributed by atoms with E-state index in [0.717, 1.165) is 19.3 Å². The Balaban J connectivity index is 2.18. The number of ether oxygens (including phenoxy) is 2. The van der Waals surface area contributed by atoms with E-state index in [-0.39, 0.29) is 25.0 Å². The zero-order chi connectivity index (χ0) is 15.1. The van der Waals surface area contributed by atoms with Crippen molar-refractivity contribution in [3.8, 4) is 0 Å². The predicted octanol–water partition coefficient (Wildman–Crippen LogP) is 1.28. The van der Waals surface area contributed by atoms with Gasteiger partial charge in [-0.25, -0.2) is 0 Å². The summed E-state index contributed by atoms with van der Waals surface area (Å²) in [5.74, 6) is -0.763. The number of rotatable bonds is 8. The first-order valence-electron chi connectivity index (χ1n) is 7.29. The highest BCUT2D eigenvalue weighted by molar-refractivity contribution is 5.66. The van der Waals surface area contributed by atoms with Crippen molar-refractivity contribution in [2.45, 2.75) is 83.1 Å². The first kappa shape index (κ1) is 17.4. The number of aliphatic hydroxyl groups is 2. The van der Waals surface area contributed by atoms with Crippen molar-refractivity contribution < 1.29 is 29.6 Å². The quantitative estimate of drug-likeness (QED) is 0.583. The average Bonchev–Trinajstić information content (AvgIpc) is 2.35. The van der Waals surface area contributed by atoms with Crippen LogP contribution in [0.15, 0.2) is 0 Å². The molecule has 20 heavy (non-hydrogen) atoms. The summed E-state index contributed by atoms with van der Waals surface area (Å²) in [6.07, 6.45) is 1.10. The topological polar surface area (TPSA) is 96.2 Å². The summed E-state index contributed by atoms with van der Waals surface area (Å²) in [6, 6.07) is 0. The van der Waals surface area contributed by atoms with Crippen molar-refractivity contribution in [1.82, 2.24) is 0 Å². The van der Waals surface area contributed by atoms with Crippen molar-refractivity contribution in [2.24, 2.45) is 0 Å². The lowest BCUT2D eigenvalue weighted by atomic mass is 10.0. The monoisotopic (exact) mass is 290 g/mol. The van der Waals surface area contributed by atoms with Gasteiger partial charge < -0.3 is 24.8 Å². The molecule has 1 fully saturated rings. The van der Waals surface area contributed by atoms with Crippen molar-refractivity contribution in [3.05, 3.63) is 0 Å². The van der Waals surface area contributed by atoms with E-state index in [0.29, 0.717) is 6.42 Å². The molecule has 0 aromatic carbocycles. The molecule has 1 heterocycles. The van der Waals surface area contributed by atoms with Crippen LogP contribution in [0.5, 0.6) is 0 Å². The Labute approximate surface area is 119 Å². The smallest absolute Gasteiger partial charge is 0.303 e. The summed E-state index contributed by atoms with van der Waals surface area (Å²) < 4.78 is 11.1. The fraction of sp³-hybridized carbons (Fsp3) is 0.929. The second kappa shape index (κ2) is 8.56. The third-order valence-electron chi connectivity index (χ3n) is 3.56. The van der Waals surface area contributed by atoms with Crippen LogP contribution < -0.4 is 0 Å². The molecule has 1 rings (SSSR count). The first-order valence-corrected chi connectivity index (χ1v) is 7.29. The molecule has 5 unspecified atom stereocenters. The molecule has 0 bridgehead atoms. The van der Waals surface area contributed by atoms with Gasteiger partial charge in [0.2, 0.25) is 0 Å². The van der Waals surface area contributed by atoms with Gasteiger partial charge in [0.25, 0.3) is 0 Å². The van der Waals surface area contributed by atoms with E-state index in [4.69, 9.17) is 14.6 Å². The van der Waals surface area contributed by atoms with Crippen LogP contribution in [0.25, 0.3) is 0 Å². The maximum absolute atomic E-state index is 10.4. The van der Waals surface area contributed by atoms with Crippen LogP contribution in [0.3, 0.4) is 0 Å². The highest BCUT2D eigenvalue weighted by Gasteiger charge is 2.35. The van der Waals surface area contributed by atoms with E-state index in [1.165, 1.54) is 0 Å². The van der Waals surface area contributed by atoms with Crippen LogP contribution in [-0.2, 0) is 14.3 Å². The number of aliphatic carboxylic acids is 1. The summed E-state index contributed by atoms with van der Waals surface area (Å²) in [5.41, 5.74) is 0. The Morgan fingerprint density at radius 2 is 2.00 bits per heavy atom. The number of carbonyl (C=O) groups is 1. The number of aliphatic hydroxyl groups excluding tert-OH is 2. The highest BCUT2D eigenvalue weighted by atomic mass is 16.7. The SMILES string of the molecule is CC(CCCCCC(=O)O)OC1OC(C)C(O)CC1O. The van der Waals surface area contributed by atoms with Gasteiger partial charge in [0.1, 0.15) is 6.10 Å². The van der Waals surface area contributed by atoms with Crippen LogP contribution in [0.2, 0.25) is 0 Å². The van der Waals surface area contributed by atoms with Gasteiger partial charge in [-0.15, -0.1) is 0 Å². The molecule has 0 aliphatic carbocycles. The van der Waals surface area contributed by atoms with Gasteiger partial charge in [-0.05, 0) is 26.7 Å². The molecule has 0 amide bonds. The van der Waals surface area contributed by atoms with E-state index in [9.17, 15) is 15.0 Å². The van der Waals surface area contributed by atoms with Gasteiger partial charge in [0.05, 0.1) is 18.3 Å². The highest BCUT2D eigenvalue weighted by Crippen LogP contribution is 2.23. The van der Waals surface area contributed by atoms with Crippen LogP contribution >= 0.6 is 0 Å². The van der Waals surface area contributed by atoms with Gasteiger partial charge in [0, 0.05) is 12.8 Å². The molecule has 1 aliphatic heterocycles. The summed E-state index contributed by atoms with van der Waals surface area (Å²) >= 11 is 0. The molecule has 6 heteroatoms. The molecule has 6 nitrogen and oxygen atoms in total. The minimum atomic E-state index is -0.810. The Morgan fingerprint density at radius 3 is 2.65 bits per heavy atom. The van der Waals surface area contributed by atoms with Gasteiger partial charge in [-0.1, -0.05) is 12.8 Å². The zero-order valence-corrected chi connectivity index (χ0v) is 12.2. The van der Waals surface area contributed by atoms with Crippen molar-refractivity contribution in [1.29, 1.82) is 0 Å². The normalized spacial score (nSPS) is 32.0. The fourth-order valence-electron chi connectivity index (χ4n) is 2.25. The third-order valence-corrected chi connectivity index (χ3v) is 3.56. The fourth-order valence-corrected chi connectivity index (χ4v) is 2.25. The summed E-state index contributed by atoms with van der Waals surface area (Å²) in [6.45, 7) is 3.66. The molecule has 0 aromatic rings. The molecule has 3 N–H and O–H groups in total. The second-order valence-electron chi connectivity index (χ2n) is 5.52. The molecule has 1 saturated heterocycles. The minimum Gasteiger partial charge on any atom is -0.481 e. The lowest BCUT2D eigenvalue weighted by Crippen LogP contribution is -2.48. The van der Waals surface area contributed by atoms with Crippen LogP contribution in [0.1, 0.15) is 52.4 Å². The molecule has 0 radical (unpaired) electrons. The lowest BCUT2D eigenvalue weighted by molar-refractivity contribution is -0.273. The molecule has 118 valence electrons. The van der Waals surface area contributed by atoms with Gasteiger partial charge in [0.15, 0.2) is 6.29 Å². The molecule has 0 spiro atoms. The van der Waals surface area contributed by atoms with Gasteiger partial charge >= 0.3 is 5.97 Å². The van der Waals surface area contributed by atoms with E-state index in [1.807, 2.05) is 6.92 Å². The molecule has 1 aliphatic rings. The largest absolute Gasteiger partial charge is 0.481 e.